The van der Waals surface area contributed by atoms with E-state index in [1.165, 1.54) is 13.2 Å². The fourth-order valence-electron chi connectivity index (χ4n) is 1.43. The summed E-state index contributed by atoms with van der Waals surface area (Å²) >= 11 is 0. The topological polar surface area (TPSA) is 73.9 Å². The average Bonchev–Trinajstić information content (AvgIpc) is 2.34. The Morgan fingerprint density at radius 3 is 2.61 bits per heavy atom. The summed E-state index contributed by atoms with van der Waals surface area (Å²) in [6, 6.07) is 4.55. The largest absolute Gasteiger partial charge is 0.465 e. The molecule has 1 rings (SSSR count). The number of benzene rings is 1. The Kier molecular flexibility index (Phi) is 4.56. The van der Waals surface area contributed by atoms with E-state index in [1.807, 2.05) is 14.1 Å². The van der Waals surface area contributed by atoms with Gasteiger partial charge in [0.15, 0.2) is 0 Å². The van der Waals surface area contributed by atoms with Crippen LogP contribution in [0.4, 0.5) is 5.69 Å². The van der Waals surface area contributed by atoms with E-state index >= 15 is 0 Å². The molecule has 1 N–H and O–H groups in total. The van der Waals surface area contributed by atoms with Crippen LogP contribution in [0.5, 0.6) is 0 Å². The predicted molar refractivity (Wildman–Crippen MR) is 66.3 cm³/mol. The lowest BCUT2D eigenvalue weighted by atomic mass is 10.1. The minimum atomic E-state index is -0.714. The zero-order valence-electron chi connectivity index (χ0n) is 10.5. The van der Waals surface area contributed by atoms with E-state index in [4.69, 9.17) is 0 Å². The number of nitro benzene ring substituents is 1. The Morgan fingerprint density at radius 1 is 1.44 bits per heavy atom. The first-order valence-electron chi connectivity index (χ1n) is 5.31. The predicted octanol–water partition coefficient (Wildman–Crippen LogP) is 0.497. The van der Waals surface area contributed by atoms with Crippen LogP contribution in [0.25, 0.3) is 6.08 Å². The van der Waals surface area contributed by atoms with Crippen LogP contribution in [0.15, 0.2) is 24.4 Å². The Labute approximate surface area is 105 Å². The molecule has 0 radical (unpaired) electrons. The molecule has 0 aliphatic rings. The van der Waals surface area contributed by atoms with Crippen molar-refractivity contribution in [2.24, 2.45) is 0 Å². The molecule has 1 aromatic rings. The van der Waals surface area contributed by atoms with E-state index in [-0.39, 0.29) is 11.3 Å². The van der Waals surface area contributed by atoms with Crippen molar-refractivity contribution >= 4 is 17.7 Å². The van der Waals surface area contributed by atoms with E-state index < -0.39 is 10.9 Å². The van der Waals surface area contributed by atoms with Gasteiger partial charge in [0.1, 0.15) is 5.56 Å². The van der Waals surface area contributed by atoms with Gasteiger partial charge in [0.05, 0.1) is 37.9 Å². The number of nitrogens with one attached hydrogen (secondary N) is 1. The zero-order valence-corrected chi connectivity index (χ0v) is 10.5. The molecule has 0 unspecified atom stereocenters. The third-order valence-electron chi connectivity index (χ3n) is 2.25. The number of methoxy groups -OCH3 is 1. The summed E-state index contributed by atoms with van der Waals surface area (Å²) < 4.78 is 4.53. The van der Waals surface area contributed by atoms with Crippen LogP contribution in [-0.4, -0.2) is 32.1 Å². The van der Waals surface area contributed by atoms with Gasteiger partial charge in [-0.2, -0.15) is 0 Å². The van der Waals surface area contributed by atoms with Crippen LogP contribution in [0, 0.1) is 10.1 Å². The summed E-state index contributed by atoms with van der Waals surface area (Å²) in [6.45, 7) is 0. The molecule has 6 nitrogen and oxygen atoms in total. The van der Waals surface area contributed by atoms with Gasteiger partial charge in [0.25, 0.3) is 5.69 Å². The fraction of sp³-hybridized carbons (Fsp3) is 0.250. The smallest absolute Gasteiger partial charge is 0.344 e. The molecule has 96 valence electrons. The molecule has 0 heterocycles. The summed E-state index contributed by atoms with van der Waals surface area (Å²) in [5.74, 6) is -0.714. The fourth-order valence-corrected chi connectivity index (χ4v) is 1.43. The van der Waals surface area contributed by atoms with Crippen molar-refractivity contribution < 1.29 is 19.4 Å². The van der Waals surface area contributed by atoms with Gasteiger partial charge in [-0.15, -0.1) is 0 Å². The van der Waals surface area contributed by atoms with E-state index in [9.17, 15) is 14.9 Å². The Balaban J connectivity index is 3.35. The molecule has 18 heavy (non-hydrogen) atoms. The van der Waals surface area contributed by atoms with Crippen LogP contribution in [0.1, 0.15) is 15.9 Å². The third kappa shape index (κ3) is 3.14. The van der Waals surface area contributed by atoms with Gasteiger partial charge in [0, 0.05) is 6.08 Å². The van der Waals surface area contributed by atoms with Gasteiger partial charge in [-0.25, -0.2) is 4.79 Å². The molecule has 1 aromatic carbocycles. The minimum absolute atomic E-state index is 0.0431. The number of quaternary nitrogens is 1. The highest BCUT2D eigenvalue weighted by Gasteiger charge is 2.23. The molecule has 0 spiro atoms. The highest BCUT2D eigenvalue weighted by atomic mass is 16.6. The first-order chi connectivity index (χ1) is 8.47. The van der Waals surface area contributed by atoms with Crippen molar-refractivity contribution in [2.75, 3.05) is 21.2 Å². The molecule has 0 aliphatic carbocycles. The van der Waals surface area contributed by atoms with Crippen molar-refractivity contribution in [3.05, 3.63) is 45.6 Å². The maximum absolute atomic E-state index is 11.5. The second kappa shape index (κ2) is 5.92. The molecule has 0 amide bonds. The summed E-state index contributed by atoms with van der Waals surface area (Å²) in [5, 5.41) is 11.1. The highest BCUT2D eigenvalue weighted by Crippen LogP contribution is 2.25. The van der Waals surface area contributed by atoms with Gasteiger partial charge in [-0.05, 0) is 12.1 Å². The first-order valence-corrected chi connectivity index (χ1v) is 5.31. The number of hydrogen-bond donors (Lipinski definition) is 1. The number of carbonyl (C=O) groups is 1. The van der Waals surface area contributed by atoms with Gasteiger partial charge in [-0.1, -0.05) is 6.07 Å². The van der Waals surface area contributed by atoms with E-state index in [1.54, 1.807) is 24.4 Å². The maximum atomic E-state index is 11.5. The molecule has 6 heteroatoms. The summed E-state index contributed by atoms with van der Waals surface area (Å²) in [4.78, 5) is 23.0. The molecule has 0 fully saturated rings. The number of carbonyl (C=O) groups excluding carboxylic acids is 1. The van der Waals surface area contributed by atoms with E-state index in [2.05, 4.69) is 4.74 Å². The molecule has 0 aromatic heterocycles. The number of para-hydroxylation sites is 1. The normalized spacial score (nSPS) is 10.9. The van der Waals surface area contributed by atoms with E-state index in [0.29, 0.717) is 5.56 Å². The van der Waals surface area contributed by atoms with Gasteiger partial charge < -0.3 is 9.64 Å². The number of nitrogens with zero attached hydrogens (tertiary/aromatic N) is 1. The molecular weight excluding hydrogens is 236 g/mol. The van der Waals surface area contributed by atoms with Crippen molar-refractivity contribution in [3.8, 4) is 0 Å². The molecule has 0 saturated carbocycles. The van der Waals surface area contributed by atoms with Crippen LogP contribution in [0.2, 0.25) is 0 Å². The maximum Gasteiger partial charge on any atom is 0.344 e. The second-order valence-corrected chi connectivity index (χ2v) is 3.90. The van der Waals surface area contributed by atoms with Crippen molar-refractivity contribution in [2.45, 2.75) is 0 Å². The lowest BCUT2D eigenvalue weighted by Gasteiger charge is -2.04. The lowest BCUT2D eigenvalue weighted by Crippen LogP contribution is -3.00. The van der Waals surface area contributed by atoms with Gasteiger partial charge >= 0.3 is 5.97 Å². The van der Waals surface area contributed by atoms with Crippen molar-refractivity contribution in [1.29, 1.82) is 0 Å². The SMILES string of the molecule is COC(=O)c1cccc(C=C[NH+](C)C)c1[N+](=O)[O-]. The standard InChI is InChI=1S/C12H14N2O4/c1-13(2)8-7-9-5-4-6-10(12(15)18-3)11(9)14(16)17/h4-8H,1-3H3/p+1. The van der Waals surface area contributed by atoms with Crippen LogP contribution >= 0.6 is 0 Å². The number of esters is 1. The Morgan fingerprint density at radius 2 is 2.11 bits per heavy atom. The van der Waals surface area contributed by atoms with Gasteiger partial charge in [0.2, 0.25) is 0 Å². The molecular formula is C12H15N2O4+. The van der Waals surface area contributed by atoms with Crippen molar-refractivity contribution in [1.82, 2.24) is 0 Å². The number of rotatable bonds is 4. The van der Waals surface area contributed by atoms with Crippen LogP contribution in [0.3, 0.4) is 0 Å². The first kappa shape index (κ1) is 13.9. The summed E-state index contributed by atoms with van der Waals surface area (Å²) in [5.41, 5.74) is 0.101. The second-order valence-electron chi connectivity index (χ2n) is 3.90. The van der Waals surface area contributed by atoms with Crippen LogP contribution < -0.4 is 4.90 Å². The Bertz CT molecular complexity index is 495. The highest BCUT2D eigenvalue weighted by molar-refractivity contribution is 5.95. The average molecular weight is 251 g/mol. The summed E-state index contributed by atoms with van der Waals surface area (Å²) in [6.07, 6.45) is 3.36. The third-order valence-corrected chi connectivity index (χ3v) is 2.25. The monoisotopic (exact) mass is 251 g/mol. The zero-order chi connectivity index (χ0) is 13.7. The lowest BCUT2D eigenvalue weighted by molar-refractivity contribution is -0.800. The summed E-state index contributed by atoms with van der Waals surface area (Å²) in [7, 11) is 4.96. The number of ether oxygens (including phenoxy) is 1. The van der Waals surface area contributed by atoms with E-state index in [0.717, 1.165) is 4.90 Å². The molecule has 0 atom stereocenters. The minimum Gasteiger partial charge on any atom is -0.465 e. The Hall–Kier alpha value is -2.21. The molecule has 0 bridgehead atoms. The van der Waals surface area contributed by atoms with Crippen molar-refractivity contribution in [3.63, 3.8) is 0 Å². The van der Waals surface area contributed by atoms with Gasteiger partial charge in [-0.3, -0.25) is 10.1 Å². The molecule has 0 aliphatic heterocycles. The number of nitro groups is 1. The van der Waals surface area contributed by atoms with Crippen LogP contribution in [-0.2, 0) is 4.74 Å². The quantitative estimate of drug-likeness (QED) is 0.480. The molecule has 0 saturated heterocycles. The number of hydrogen-bond acceptors (Lipinski definition) is 4.